The molecule has 1 atom stereocenters. The van der Waals surface area contributed by atoms with Gasteiger partial charge in [0.25, 0.3) is 0 Å². The van der Waals surface area contributed by atoms with E-state index in [0.29, 0.717) is 6.42 Å². The van der Waals surface area contributed by atoms with E-state index in [2.05, 4.69) is 0 Å². The fraction of sp³-hybridized carbons (Fsp3) is 0.417. The molecule has 1 aliphatic rings. The quantitative estimate of drug-likeness (QED) is 0.864. The largest absolute Gasteiger partial charge is 0.478 e. The maximum absolute atomic E-state index is 12.5. The molecule has 1 aromatic carbocycles. The first-order valence-corrected chi connectivity index (χ1v) is 8.20. The van der Waals surface area contributed by atoms with Crippen LogP contribution in [0.3, 0.4) is 0 Å². The molecule has 9 heteroatoms. The number of carboxylic acid groups (broad SMARTS) is 1. The minimum absolute atomic E-state index is 0.0727. The van der Waals surface area contributed by atoms with Crippen LogP contribution >= 0.6 is 23.2 Å². The lowest BCUT2D eigenvalue weighted by atomic mass is 10.1. The van der Waals surface area contributed by atoms with Gasteiger partial charge in [-0.15, -0.1) is 0 Å². The Bertz CT molecular complexity index is 702. The van der Waals surface area contributed by atoms with Gasteiger partial charge in [0.2, 0.25) is 10.0 Å². The number of carbonyl (C=O) groups is 1. The van der Waals surface area contributed by atoms with Gasteiger partial charge in [0, 0.05) is 13.1 Å². The van der Waals surface area contributed by atoms with Crippen LogP contribution in [-0.4, -0.2) is 47.6 Å². The molecule has 0 bridgehead atoms. The Labute approximate surface area is 131 Å². The summed E-state index contributed by atoms with van der Waals surface area (Å²) in [7, 11) is -3.99. The summed E-state index contributed by atoms with van der Waals surface area (Å²) in [5, 5.41) is 18.4. The number of benzene rings is 1. The topological polar surface area (TPSA) is 94.9 Å². The second kappa shape index (κ2) is 5.40. The van der Waals surface area contributed by atoms with Gasteiger partial charge in [-0.25, -0.2) is 13.2 Å². The highest BCUT2D eigenvalue weighted by Crippen LogP contribution is 2.34. The molecule has 1 aliphatic heterocycles. The van der Waals surface area contributed by atoms with E-state index in [4.69, 9.17) is 28.3 Å². The van der Waals surface area contributed by atoms with Gasteiger partial charge in [-0.05, 0) is 25.5 Å². The maximum Gasteiger partial charge on any atom is 0.338 e. The predicted molar refractivity (Wildman–Crippen MR) is 77.4 cm³/mol. The van der Waals surface area contributed by atoms with Gasteiger partial charge < -0.3 is 10.2 Å². The molecule has 1 fully saturated rings. The molecule has 1 saturated heterocycles. The number of halogens is 2. The van der Waals surface area contributed by atoms with Gasteiger partial charge in [-0.3, -0.25) is 0 Å². The summed E-state index contributed by atoms with van der Waals surface area (Å²) >= 11 is 11.6. The third kappa shape index (κ3) is 3.02. The molecule has 0 radical (unpaired) electrons. The molecule has 0 aromatic heterocycles. The average Bonchev–Trinajstić information content (AvgIpc) is 2.69. The van der Waals surface area contributed by atoms with Crippen molar-refractivity contribution in [3.8, 4) is 0 Å². The number of sulfonamides is 1. The number of hydrogen-bond donors (Lipinski definition) is 2. The van der Waals surface area contributed by atoms with Crippen LogP contribution < -0.4 is 0 Å². The van der Waals surface area contributed by atoms with E-state index >= 15 is 0 Å². The number of rotatable bonds is 3. The molecule has 6 nitrogen and oxygen atoms in total. The minimum Gasteiger partial charge on any atom is -0.478 e. The Morgan fingerprint density at radius 2 is 2.00 bits per heavy atom. The fourth-order valence-electron chi connectivity index (χ4n) is 2.18. The number of carboxylic acids is 1. The molecule has 1 heterocycles. The van der Waals surface area contributed by atoms with E-state index in [-0.39, 0.29) is 23.0 Å². The summed E-state index contributed by atoms with van der Waals surface area (Å²) in [6, 6.07) is 2.34. The summed E-state index contributed by atoms with van der Waals surface area (Å²) < 4.78 is 26.1. The van der Waals surface area contributed by atoms with E-state index in [0.717, 1.165) is 4.31 Å². The van der Waals surface area contributed by atoms with Crippen LogP contribution in [0, 0.1) is 0 Å². The molecule has 0 saturated carbocycles. The zero-order chi connectivity index (χ0) is 16.0. The molecule has 1 aromatic rings. The number of β-amino-alcohol motifs (C(OH)–C–C–N with tert-alkyl or cyclic N) is 1. The lowest BCUT2D eigenvalue weighted by Crippen LogP contribution is -2.34. The van der Waals surface area contributed by atoms with Crippen LogP contribution in [0.2, 0.25) is 10.0 Å². The highest BCUT2D eigenvalue weighted by Gasteiger charge is 2.39. The zero-order valence-corrected chi connectivity index (χ0v) is 13.3. The van der Waals surface area contributed by atoms with Crippen LogP contribution in [-0.2, 0) is 10.0 Å². The van der Waals surface area contributed by atoms with Crippen molar-refractivity contribution in [2.75, 3.05) is 13.1 Å². The summed E-state index contributed by atoms with van der Waals surface area (Å²) in [5.74, 6) is -1.41. The maximum atomic E-state index is 12.5. The molecule has 0 amide bonds. The summed E-state index contributed by atoms with van der Waals surface area (Å²) in [4.78, 5) is 10.8. The molecular weight excluding hydrogens is 341 g/mol. The van der Waals surface area contributed by atoms with Crippen LogP contribution in [0.1, 0.15) is 23.7 Å². The van der Waals surface area contributed by atoms with Gasteiger partial charge in [0.1, 0.15) is 4.90 Å². The van der Waals surface area contributed by atoms with Gasteiger partial charge in [-0.2, -0.15) is 4.31 Å². The molecule has 21 heavy (non-hydrogen) atoms. The number of hydrogen-bond acceptors (Lipinski definition) is 4. The van der Waals surface area contributed by atoms with Crippen molar-refractivity contribution in [3.05, 3.63) is 27.7 Å². The Hall–Kier alpha value is -0.860. The fourth-order valence-corrected chi connectivity index (χ4v) is 4.63. The van der Waals surface area contributed by atoms with Crippen LogP contribution in [0.25, 0.3) is 0 Å². The molecule has 2 rings (SSSR count). The molecule has 116 valence electrons. The van der Waals surface area contributed by atoms with Crippen LogP contribution in [0.15, 0.2) is 17.0 Å². The van der Waals surface area contributed by atoms with Crippen molar-refractivity contribution in [2.45, 2.75) is 23.8 Å². The highest BCUT2D eigenvalue weighted by atomic mass is 35.5. The molecule has 2 N–H and O–H groups in total. The SMILES string of the molecule is CC1(O)CCN(S(=O)(=O)c2ccc(Cl)c(C(=O)O)c2Cl)C1. The molecule has 0 aliphatic carbocycles. The second-order valence-corrected chi connectivity index (χ2v) is 7.82. The van der Waals surface area contributed by atoms with Crippen molar-refractivity contribution in [1.29, 1.82) is 0 Å². The highest BCUT2D eigenvalue weighted by molar-refractivity contribution is 7.89. The molecule has 0 spiro atoms. The predicted octanol–water partition coefficient (Wildman–Crippen LogP) is 1.84. The Morgan fingerprint density at radius 3 is 2.48 bits per heavy atom. The van der Waals surface area contributed by atoms with E-state index < -0.39 is 32.2 Å². The molecular formula is C12H13Cl2NO5S. The van der Waals surface area contributed by atoms with Crippen LogP contribution in [0.4, 0.5) is 0 Å². The molecule has 1 unspecified atom stereocenters. The third-order valence-electron chi connectivity index (χ3n) is 3.30. The number of nitrogens with zero attached hydrogens (tertiary/aromatic N) is 1. The van der Waals surface area contributed by atoms with Gasteiger partial charge in [0.05, 0.1) is 21.2 Å². The smallest absolute Gasteiger partial charge is 0.338 e. The lowest BCUT2D eigenvalue weighted by Gasteiger charge is -2.20. The monoisotopic (exact) mass is 353 g/mol. The van der Waals surface area contributed by atoms with Crippen LogP contribution in [0.5, 0.6) is 0 Å². The van der Waals surface area contributed by atoms with E-state index in [9.17, 15) is 18.3 Å². The lowest BCUT2D eigenvalue weighted by molar-refractivity contribution is 0.0696. The number of aromatic carboxylic acids is 1. The van der Waals surface area contributed by atoms with E-state index in [1.165, 1.54) is 19.1 Å². The first kappa shape index (κ1) is 16.5. The van der Waals surface area contributed by atoms with Gasteiger partial charge >= 0.3 is 5.97 Å². The average molecular weight is 354 g/mol. The zero-order valence-electron chi connectivity index (χ0n) is 11.0. The van der Waals surface area contributed by atoms with Gasteiger partial charge in [0.15, 0.2) is 0 Å². The van der Waals surface area contributed by atoms with Crippen molar-refractivity contribution in [2.24, 2.45) is 0 Å². The normalized spacial score (nSPS) is 23.4. The Morgan fingerprint density at radius 1 is 1.38 bits per heavy atom. The minimum atomic E-state index is -3.99. The van der Waals surface area contributed by atoms with Gasteiger partial charge in [-0.1, -0.05) is 23.2 Å². The summed E-state index contributed by atoms with van der Waals surface area (Å²) in [6.07, 6.45) is 0.295. The van der Waals surface area contributed by atoms with Crippen molar-refractivity contribution in [3.63, 3.8) is 0 Å². The van der Waals surface area contributed by atoms with E-state index in [1.54, 1.807) is 0 Å². The Balaban J connectivity index is 2.52. The van der Waals surface area contributed by atoms with E-state index in [1.807, 2.05) is 0 Å². The summed E-state index contributed by atoms with van der Waals surface area (Å²) in [5.41, 5.74) is -1.56. The first-order chi connectivity index (χ1) is 9.56. The summed E-state index contributed by atoms with van der Waals surface area (Å²) in [6.45, 7) is 1.60. The third-order valence-corrected chi connectivity index (χ3v) is 6.01. The van der Waals surface area contributed by atoms with Crippen molar-refractivity contribution in [1.82, 2.24) is 4.31 Å². The van der Waals surface area contributed by atoms with Crippen molar-refractivity contribution < 1.29 is 23.4 Å². The van der Waals surface area contributed by atoms with Crippen molar-refractivity contribution >= 4 is 39.2 Å². The second-order valence-electron chi connectivity index (χ2n) is 5.13. The number of aliphatic hydroxyl groups is 1. The first-order valence-electron chi connectivity index (χ1n) is 6.00. The standard InChI is InChI=1S/C12H13Cl2NO5S/c1-12(18)4-5-15(6-12)21(19,20)8-3-2-7(13)9(10(8)14)11(16)17/h2-3,18H,4-6H2,1H3,(H,16,17). The Kier molecular flexibility index (Phi) is 4.25.